The molecule has 76 valence electrons. The fourth-order valence-electron chi connectivity index (χ4n) is 0.997. The van der Waals surface area contributed by atoms with Crippen molar-refractivity contribution in [2.75, 3.05) is 0 Å². The van der Waals surface area contributed by atoms with Crippen LogP contribution in [-0.2, 0) is 11.3 Å². The van der Waals surface area contributed by atoms with E-state index in [1.165, 1.54) is 12.1 Å². The van der Waals surface area contributed by atoms with Crippen LogP contribution in [0.4, 0.5) is 4.39 Å². The number of carbonyl (C=O) groups is 1. The van der Waals surface area contributed by atoms with Gasteiger partial charge in [-0.1, -0.05) is 12.1 Å². The third-order valence-electron chi connectivity index (χ3n) is 1.77. The molecule has 1 atom stereocenters. The van der Waals surface area contributed by atoms with E-state index in [1.807, 2.05) is 0 Å². The summed E-state index contributed by atoms with van der Waals surface area (Å²) in [6, 6.07) is 5.54. The molecule has 0 unspecified atom stereocenters. The molecule has 0 radical (unpaired) electrons. The first-order chi connectivity index (χ1) is 6.59. The smallest absolute Gasteiger partial charge is 0.236 e. The minimum Gasteiger partial charge on any atom is -0.351 e. The maximum absolute atomic E-state index is 12.7. The normalized spacial score (nSPS) is 12.2. The van der Waals surface area contributed by atoms with Gasteiger partial charge in [-0.25, -0.2) is 4.39 Å². The molecule has 0 spiro atoms. The predicted molar refractivity (Wildman–Crippen MR) is 51.9 cm³/mol. The minimum absolute atomic E-state index is 0.241. The van der Waals surface area contributed by atoms with Gasteiger partial charge in [0.05, 0.1) is 6.04 Å². The van der Waals surface area contributed by atoms with Gasteiger partial charge in [0.2, 0.25) is 5.91 Å². The molecule has 1 amide bonds. The quantitative estimate of drug-likeness (QED) is 0.751. The van der Waals surface area contributed by atoms with Crippen LogP contribution >= 0.6 is 0 Å². The summed E-state index contributed by atoms with van der Waals surface area (Å²) in [6.45, 7) is 1.90. The van der Waals surface area contributed by atoms with Gasteiger partial charge in [-0.05, 0) is 24.6 Å². The van der Waals surface area contributed by atoms with Crippen LogP contribution in [0.25, 0.3) is 0 Å². The van der Waals surface area contributed by atoms with Crippen molar-refractivity contribution in [3.8, 4) is 0 Å². The lowest BCUT2D eigenvalue weighted by molar-refractivity contribution is -0.122. The van der Waals surface area contributed by atoms with Gasteiger partial charge in [0.1, 0.15) is 5.82 Å². The molecular weight excluding hydrogens is 183 g/mol. The van der Waals surface area contributed by atoms with E-state index >= 15 is 0 Å². The lowest BCUT2D eigenvalue weighted by Gasteiger charge is -2.07. The third-order valence-corrected chi connectivity index (χ3v) is 1.77. The molecule has 0 heterocycles. The highest BCUT2D eigenvalue weighted by molar-refractivity contribution is 5.80. The van der Waals surface area contributed by atoms with E-state index in [1.54, 1.807) is 19.1 Å². The van der Waals surface area contributed by atoms with Gasteiger partial charge in [-0.2, -0.15) is 0 Å². The topological polar surface area (TPSA) is 55.1 Å². The van der Waals surface area contributed by atoms with Gasteiger partial charge in [-0.3, -0.25) is 4.79 Å². The number of carbonyl (C=O) groups excluding carboxylic acids is 1. The highest BCUT2D eigenvalue weighted by Crippen LogP contribution is 2.02. The Labute approximate surface area is 82.1 Å². The Morgan fingerprint density at radius 1 is 1.64 bits per heavy atom. The highest BCUT2D eigenvalue weighted by atomic mass is 19.1. The molecule has 3 nitrogen and oxygen atoms in total. The summed E-state index contributed by atoms with van der Waals surface area (Å²) in [5.41, 5.74) is 6.07. The summed E-state index contributed by atoms with van der Waals surface area (Å²) in [5, 5.41) is 2.60. The molecule has 14 heavy (non-hydrogen) atoms. The first kappa shape index (κ1) is 10.7. The van der Waals surface area contributed by atoms with E-state index < -0.39 is 6.04 Å². The Bertz CT molecular complexity index is 326. The first-order valence-electron chi connectivity index (χ1n) is 4.37. The van der Waals surface area contributed by atoms with Crippen LogP contribution < -0.4 is 11.1 Å². The molecule has 1 rings (SSSR count). The molecule has 3 N–H and O–H groups in total. The minimum atomic E-state index is -0.538. The van der Waals surface area contributed by atoms with Crippen molar-refractivity contribution in [1.82, 2.24) is 5.32 Å². The summed E-state index contributed by atoms with van der Waals surface area (Å²) in [6.07, 6.45) is 0. The molecule has 0 aliphatic rings. The SMILES string of the molecule is C[C@@H](N)C(=O)NCc1cccc(F)c1. The fourth-order valence-corrected chi connectivity index (χ4v) is 0.997. The monoisotopic (exact) mass is 196 g/mol. The molecule has 0 aliphatic carbocycles. The van der Waals surface area contributed by atoms with Crippen LogP contribution in [0.5, 0.6) is 0 Å². The number of rotatable bonds is 3. The predicted octanol–water partition coefficient (Wildman–Crippen LogP) is 0.789. The van der Waals surface area contributed by atoms with Gasteiger partial charge in [0, 0.05) is 6.54 Å². The summed E-state index contributed by atoms with van der Waals surface area (Å²) < 4.78 is 12.7. The van der Waals surface area contributed by atoms with Crippen molar-refractivity contribution in [2.24, 2.45) is 5.73 Å². The number of hydrogen-bond donors (Lipinski definition) is 2. The molecule has 0 saturated heterocycles. The summed E-state index contributed by atoms with van der Waals surface area (Å²) in [4.78, 5) is 11.1. The number of nitrogens with one attached hydrogen (secondary N) is 1. The van der Waals surface area contributed by atoms with Crippen LogP contribution in [0.2, 0.25) is 0 Å². The summed E-state index contributed by atoms with van der Waals surface area (Å²) in [5.74, 6) is -0.549. The number of hydrogen-bond acceptors (Lipinski definition) is 2. The molecule has 0 saturated carbocycles. The van der Waals surface area contributed by atoms with E-state index in [9.17, 15) is 9.18 Å². The highest BCUT2D eigenvalue weighted by Gasteiger charge is 2.05. The zero-order chi connectivity index (χ0) is 10.6. The number of amides is 1. The second-order valence-corrected chi connectivity index (χ2v) is 3.14. The Morgan fingerprint density at radius 2 is 2.36 bits per heavy atom. The Kier molecular flexibility index (Phi) is 3.59. The third kappa shape index (κ3) is 3.14. The fraction of sp³-hybridized carbons (Fsp3) is 0.300. The van der Waals surface area contributed by atoms with Crippen molar-refractivity contribution >= 4 is 5.91 Å². The first-order valence-corrected chi connectivity index (χ1v) is 4.37. The molecule has 0 fully saturated rings. The molecule has 0 aliphatic heterocycles. The molecule has 0 bridgehead atoms. The van der Waals surface area contributed by atoms with E-state index in [2.05, 4.69) is 5.32 Å². The van der Waals surface area contributed by atoms with Crippen LogP contribution in [0.3, 0.4) is 0 Å². The van der Waals surface area contributed by atoms with Crippen LogP contribution in [-0.4, -0.2) is 11.9 Å². The largest absolute Gasteiger partial charge is 0.351 e. The number of nitrogens with two attached hydrogens (primary N) is 1. The van der Waals surface area contributed by atoms with Gasteiger partial charge >= 0.3 is 0 Å². The van der Waals surface area contributed by atoms with Gasteiger partial charge in [-0.15, -0.1) is 0 Å². The van der Waals surface area contributed by atoms with E-state index in [4.69, 9.17) is 5.73 Å². The maximum atomic E-state index is 12.7. The standard InChI is InChI=1S/C10H13FN2O/c1-7(12)10(14)13-6-8-3-2-4-9(11)5-8/h2-5,7H,6,12H2,1H3,(H,13,14)/t7-/m1/s1. The lowest BCUT2D eigenvalue weighted by atomic mass is 10.2. The van der Waals surface area contributed by atoms with Crippen LogP contribution in [0.1, 0.15) is 12.5 Å². The van der Waals surface area contributed by atoms with Crippen molar-refractivity contribution in [1.29, 1.82) is 0 Å². The lowest BCUT2D eigenvalue weighted by Crippen LogP contribution is -2.37. The molecule has 0 aromatic heterocycles. The van der Waals surface area contributed by atoms with E-state index in [0.29, 0.717) is 6.54 Å². The maximum Gasteiger partial charge on any atom is 0.236 e. The van der Waals surface area contributed by atoms with E-state index in [0.717, 1.165) is 5.56 Å². The molecular formula is C10H13FN2O. The Hall–Kier alpha value is -1.42. The van der Waals surface area contributed by atoms with E-state index in [-0.39, 0.29) is 11.7 Å². The Morgan fingerprint density at radius 3 is 2.93 bits per heavy atom. The second-order valence-electron chi connectivity index (χ2n) is 3.14. The van der Waals surface area contributed by atoms with Gasteiger partial charge in [0.15, 0.2) is 0 Å². The number of halogens is 1. The van der Waals surface area contributed by atoms with Crippen molar-refractivity contribution in [3.63, 3.8) is 0 Å². The molecule has 4 heteroatoms. The molecule has 1 aromatic rings. The van der Waals surface area contributed by atoms with Crippen LogP contribution in [0, 0.1) is 5.82 Å². The zero-order valence-corrected chi connectivity index (χ0v) is 7.96. The second kappa shape index (κ2) is 4.72. The zero-order valence-electron chi connectivity index (χ0n) is 7.96. The molecule has 1 aromatic carbocycles. The summed E-state index contributed by atoms with van der Waals surface area (Å²) >= 11 is 0. The number of benzene rings is 1. The average Bonchev–Trinajstić information content (AvgIpc) is 2.14. The summed E-state index contributed by atoms with van der Waals surface area (Å²) in [7, 11) is 0. The van der Waals surface area contributed by atoms with Crippen molar-refractivity contribution in [2.45, 2.75) is 19.5 Å². The van der Waals surface area contributed by atoms with Crippen LogP contribution in [0.15, 0.2) is 24.3 Å². The van der Waals surface area contributed by atoms with Crippen molar-refractivity contribution < 1.29 is 9.18 Å². The van der Waals surface area contributed by atoms with Crippen molar-refractivity contribution in [3.05, 3.63) is 35.6 Å². The Balaban J connectivity index is 2.50. The average molecular weight is 196 g/mol. The van der Waals surface area contributed by atoms with Gasteiger partial charge < -0.3 is 11.1 Å². The van der Waals surface area contributed by atoms with Gasteiger partial charge in [0.25, 0.3) is 0 Å².